The van der Waals surface area contributed by atoms with Crippen LogP contribution in [0.1, 0.15) is 25.0 Å². The summed E-state index contributed by atoms with van der Waals surface area (Å²) in [6.07, 6.45) is 2.70. The molecule has 23 heavy (non-hydrogen) atoms. The molecular formula is C15H20N6O2. The molecular weight excluding hydrogens is 296 g/mol. The molecule has 8 heteroatoms. The second-order valence-electron chi connectivity index (χ2n) is 6.64. The Bertz CT molecular complexity index is 787. The highest BCUT2D eigenvalue weighted by molar-refractivity contribution is 6.02. The maximum Gasteiger partial charge on any atom is 0.230 e. The summed E-state index contributed by atoms with van der Waals surface area (Å²) < 4.78 is 1.67. The van der Waals surface area contributed by atoms with Crippen LogP contribution < -0.4 is 5.32 Å². The molecule has 0 bridgehead atoms. The molecule has 1 aliphatic heterocycles. The van der Waals surface area contributed by atoms with Crippen LogP contribution in [-0.2, 0) is 16.6 Å². The number of fused-ring (bicyclic) bond motifs is 1. The van der Waals surface area contributed by atoms with Gasteiger partial charge in [0.15, 0.2) is 5.65 Å². The van der Waals surface area contributed by atoms with Gasteiger partial charge in [-0.05, 0) is 25.7 Å². The summed E-state index contributed by atoms with van der Waals surface area (Å²) in [6, 6.07) is 0. The van der Waals surface area contributed by atoms with Crippen LogP contribution in [0.5, 0.6) is 0 Å². The Hall–Kier alpha value is -2.38. The van der Waals surface area contributed by atoms with E-state index in [4.69, 9.17) is 0 Å². The SMILES string of the molecule is Cc1nn(C)c2n[nH]c(NC(=O)C3CC(=O)N(CC4CC4)C3)c12. The van der Waals surface area contributed by atoms with E-state index in [0.717, 1.165) is 17.6 Å². The summed E-state index contributed by atoms with van der Waals surface area (Å²) in [5.74, 6) is 0.862. The van der Waals surface area contributed by atoms with Gasteiger partial charge >= 0.3 is 0 Å². The minimum absolute atomic E-state index is 0.0874. The smallest absolute Gasteiger partial charge is 0.230 e. The van der Waals surface area contributed by atoms with Crippen molar-refractivity contribution in [2.24, 2.45) is 18.9 Å². The number of H-pyrrole nitrogens is 1. The van der Waals surface area contributed by atoms with Crippen LogP contribution in [0.4, 0.5) is 5.82 Å². The van der Waals surface area contributed by atoms with Crippen molar-refractivity contribution < 1.29 is 9.59 Å². The first kappa shape index (κ1) is 14.2. The van der Waals surface area contributed by atoms with Gasteiger partial charge in [0.25, 0.3) is 0 Å². The number of aromatic nitrogens is 4. The largest absolute Gasteiger partial charge is 0.342 e. The third kappa shape index (κ3) is 2.47. The van der Waals surface area contributed by atoms with E-state index in [1.54, 1.807) is 4.68 Å². The number of likely N-dealkylation sites (tertiary alicyclic amines) is 1. The maximum absolute atomic E-state index is 12.5. The number of nitrogens with zero attached hydrogens (tertiary/aromatic N) is 4. The van der Waals surface area contributed by atoms with E-state index in [9.17, 15) is 9.59 Å². The Balaban J connectivity index is 1.48. The van der Waals surface area contributed by atoms with Crippen LogP contribution in [0.2, 0.25) is 0 Å². The highest BCUT2D eigenvalue weighted by Crippen LogP contribution is 2.32. The molecule has 2 aliphatic rings. The van der Waals surface area contributed by atoms with E-state index < -0.39 is 0 Å². The normalized spacial score (nSPS) is 21.4. The Morgan fingerprint density at radius 1 is 1.43 bits per heavy atom. The molecule has 4 rings (SSSR count). The summed E-state index contributed by atoms with van der Waals surface area (Å²) in [4.78, 5) is 26.4. The molecule has 1 saturated carbocycles. The van der Waals surface area contributed by atoms with E-state index >= 15 is 0 Å². The van der Waals surface area contributed by atoms with Gasteiger partial charge in [0.1, 0.15) is 5.82 Å². The van der Waals surface area contributed by atoms with Crippen LogP contribution in [0.3, 0.4) is 0 Å². The van der Waals surface area contributed by atoms with Gasteiger partial charge in [0, 0.05) is 26.6 Å². The summed E-state index contributed by atoms with van der Waals surface area (Å²) in [6.45, 7) is 3.20. The molecule has 8 nitrogen and oxygen atoms in total. The maximum atomic E-state index is 12.5. The van der Waals surface area contributed by atoms with Crippen LogP contribution in [0.15, 0.2) is 0 Å². The quantitative estimate of drug-likeness (QED) is 0.872. The van der Waals surface area contributed by atoms with Crippen LogP contribution in [-0.4, -0.2) is 49.8 Å². The van der Waals surface area contributed by atoms with Crippen molar-refractivity contribution in [2.75, 3.05) is 18.4 Å². The molecule has 3 heterocycles. The van der Waals surface area contributed by atoms with E-state index in [0.29, 0.717) is 30.3 Å². The number of carbonyl (C=O) groups is 2. The third-order valence-electron chi connectivity index (χ3n) is 4.72. The molecule has 1 aliphatic carbocycles. The van der Waals surface area contributed by atoms with Crippen LogP contribution in [0, 0.1) is 18.8 Å². The third-order valence-corrected chi connectivity index (χ3v) is 4.72. The standard InChI is InChI=1S/C15H20N6O2/c1-8-12-13(17-18-14(12)20(2)19-8)16-15(23)10-5-11(22)21(7-10)6-9-3-4-9/h9-10H,3-7H2,1-2H3,(H2,16,17,18,23). The average molecular weight is 316 g/mol. The van der Waals surface area contributed by atoms with Crippen molar-refractivity contribution in [1.82, 2.24) is 24.9 Å². The average Bonchev–Trinajstić information content (AvgIpc) is 2.98. The predicted molar refractivity (Wildman–Crippen MR) is 83.6 cm³/mol. The van der Waals surface area contributed by atoms with Crippen molar-refractivity contribution in [3.05, 3.63) is 5.69 Å². The lowest BCUT2D eigenvalue weighted by Gasteiger charge is -2.15. The number of anilines is 1. The van der Waals surface area contributed by atoms with Crippen molar-refractivity contribution in [2.45, 2.75) is 26.2 Å². The van der Waals surface area contributed by atoms with Crippen molar-refractivity contribution >= 4 is 28.7 Å². The van der Waals surface area contributed by atoms with Crippen LogP contribution in [0.25, 0.3) is 11.0 Å². The minimum Gasteiger partial charge on any atom is -0.342 e. The van der Waals surface area contributed by atoms with Gasteiger partial charge in [-0.1, -0.05) is 0 Å². The number of aromatic amines is 1. The highest BCUT2D eigenvalue weighted by Gasteiger charge is 2.37. The topological polar surface area (TPSA) is 95.9 Å². The van der Waals surface area contributed by atoms with E-state index in [2.05, 4.69) is 20.6 Å². The Morgan fingerprint density at radius 2 is 2.22 bits per heavy atom. The molecule has 2 fully saturated rings. The number of rotatable bonds is 4. The lowest BCUT2D eigenvalue weighted by Crippen LogP contribution is -2.30. The lowest BCUT2D eigenvalue weighted by atomic mass is 10.1. The number of carbonyl (C=O) groups excluding carboxylic acids is 2. The first-order valence-electron chi connectivity index (χ1n) is 7.99. The predicted octanol–water partition coefficient (Wildman–Crippen LogP) is 0.802. The Labute approximate surface area is 133 Å². The van der Waals surface area contributed by atoms with E-state index in [-0.39, 0.29) is 17.7 Å². The zero-order chi connectivity index (χ0) is 16.1. The van der Waals surface area contributed by atoms with Gasteiger partial charge in [0.2, 0.25) is 11.8 Å². The second-order valence-corrected chi connectivity index (χ2v) is 6.64. The van der Waals surface area contributed by atoms with E-state index in [1.807, 2.05) is 18.9 Å². The zero-order valence-electron chi connectivity index (χ0n) is 13.3. The van der Waals surface area contributed by atoms with Crippen molar-refractivity contribution in [1.29, 1.82) is 0 Å². The summed E-state index contributed by atoms with van der Waals surface area (Å²) in [5, 5.41) is 15.0. The van der Waals surface area contributed by atoms with E-state index in [1.165, 1.54) is 12.8 Å². The van der Waals surface area contributed by atoms with Gasteiger partial charge in [-0.2, -0.15) is 10.2 Å². The highest BCUT2D eigenvalue weighted by atomic mass is 16.2. The van der Waals surface area contributed by atoms with Gasteiger partial charge < -0.3 is 10.2 Å². The number of hydrogen-bond acceptors (Lipinski definition) is 4. The fourth-order valence-corrected chi connectivity index (χ4v) is 3.28. The molecule has 1 atom stereocenters. The summed E-state index contributed by atoms with van der Waals surface area (Å²) in [5.41, 5.74) is 1.51. The van der Waals surface area contributed by atoms with Gasteiger partial charge in [-0.3, -0.25) is 14.7 Å². The van der Waals surface area contributed by atoms with Gasteiger partial charge in [-0.25, -0.2) is 4.68 Å². The lowest BCUT2D eigenvalue weighted by molar-refractivity contribution is -0.128. The molecule has 1 saturated heterocycles. The number of hydrogen-bond donors (Lipinski definition) is 2. The van der Waals surface area contributed by atoms with Gasteiger partial charge in [-0.15, -0.1) is 0 Å². The molecule has 122 valence electrons. The second kappa shape index (κ2) is 5.07. The molecule has 0 radical (unpaired) electrons. The summed E-state index contributed by atoms with van der Waals surface area (Å²) >= 11 is 0. The van der Waals surface area contributed by atoms with Gasteiger partial charge in [0.05, 0.1) is 17.0 Å². The summed E-state index contributed by atoms with van der Waals surface area (Å²) in [7, 11) is 1.81. The number of nitrogens with one attached hydrogen (secondary N) is 2. The molecule has 2 aromatic rings. The Morgan fingerprint density at radius 3 is 2.96 bits per heavy atom. The number of aryl methyl sites for hydroxylation is 2. The molecule has 0 aromatic carbocycles. The molecule has 2 amide bonds. The molecule has 2 N–H and O–H groups in total. The van der Waals surface area contributed by atoms with Crippen molar-refractivity contribution in [3.63, 3.8) is 0 Å². The molecule has 0 spiro atoms. The molecule has 2 aromatic heterocycles. The fourth-order valence-electron chi connectivity index (χ4n) is 3.28. The van der Waals surface area contributed by atoms with Crippen molar-refractivity contribution in [3.8, 4) is 0 Å². The number of amides is 2. The first-order chi connectivity index (χ1) is 11.0. The zero-order valence-corrected chi connectivity index (χ0v) is 13.3. The molecule has 1 unspecified atom stereocenters. The first-order valence-corrected chi connectivity index (χ1v) is 7.99. The van der Waals surface area contributed by atoms with Crippen LogP contribution >= 0.6 is 0 Å². The monoisotopic (exact) mass is 316 g/mol. The minimum atomic E-state index is -0.295. The Kier molecular flexibility index (Phi) is 3.14. The fraction of sp³-hybridized carbons (Fsp3) is 0.600.